The summed E-state index contributed by atoms with van der Waals surface area (Å²) in [7, 11) is -1.12. The molecule has 16 heavy (non-hydrogen) atoms. The highest BCUT2D eigenvalue weighted by molar-refractivity contribution is 6.88. The Bertz CT molecular complexity index is 357. The van der Waals surface area contributed by atoms with E-state index in [4.69, 9.17) is 0 Å². The number of nitrogens with one attached hydrogen (secondary N) is 1. The van der Waals surface area contributed by atoms with Gasteiger partial charge in [-0.3, -0.25) is 0 Å². The van der Waals surface area contributed by atoms with Crippen LogP contribution in [0, 0.1) is 0 Å². The Morgan fingerprint density at radius 3 is 2.12 bits per heavy atom. The van der Waals surface area contributed by atoms with E-state index in [1.165, 1.54) is 18.4 Å². The molecule has 88 valence electrons. The average Bonchev–Trinajstić information content (AvgIpc) is 2.94. The van der Waals surface area contributed by atoms with Crippen LogP contribution in [0.1, 0.15) is 25.3 Å². The summed E-state index contributed by atoms with van der Waals surface area (Å²) in [6.07, 6.45) is 2.67. The van der Waals surface area contributed by atoms with Crippen molar-refractivity contribution in [3.8, 4) is 0 Å². The third-order valence-electron chi connectivity index (χ3n) is 3.54. The van der Waals surface area contributed by atoms with Crippen molar-refractivity contribution in [1.82, 2.24) is 5.32 Å². The third kappa shape index (κ3) is 2.95. The molecule has 0 atom stereocenters. The summed E-state index contributed by atoms with van der Waals surface area (Å²) in [5.74, 6) is 0. The Balaban J connectivity index is 1.96. The SMILES string of the molecule is CC1(NCc2ccc([Si](C)(C)C)cc2)CC1. The van der Waals surface area contributed by atoms with E-state index in [0.717, 1.165) is 6.54 Å². The minimum atomic E-state index is -1.12. The smallest absolute Gasteiger partial charge is 0.0775 e. The number of benzene rings is 1. The summed E-state index contributed by atoms with van der Waals surface area (Å²) >= 11 is 0. The second kappa shape index (κ2) is 4.01. The molecule has 0 heterocycles. The first-order valence-corrected chi connectivity index (χ1v) is 9.74. The topological polar surface area (TPSA) is 12.0 Å². The van der Waals surface area contributed by atoms with Gasteiger partial charge in [-0.05, 0) is 25.3 Å². The Morgan fingerprint density at radius 2 is 1.69 bits per heavy atom. The molecule has 0 saturated heterocycles. The zero-order valence-corrected chi connectivity index (χ0v) is 11.9. The first kappa shape index (κ1) is 11.9. The predicted octanol–water partition coefficient (Wildman–Crippen LogP) is 2.87. The van der Waals surface area contributed by atoms with Gasteiger partial charge in [-0.1, -0.05) is 49.1 Å². The lowest BCUT2D eigenvalue weighted by Gasteiger charge is -2.17. The fourth-order valence-corrected chi connectivity index (χ4v) is 2.97. The molecular formula is C14H23NSi. The fraction of sp³-hybridized carbons (Fsp3) is 0.571. The van der Waals surface area contributed by atoms with Crippen molar-refractivity contribution in [2.75, 3.05) is 0 Å². The summed E-state index contributed by atoms with van der Waals surface area (Å²) in [5, 5.41) is 5.17. The molecule has 2 heteroatoms. The summed E-state index contributed by atoms with van der Waals surface area (Å²) in [4.78, 5) is 0. The molecule has 0 radical (unpaired) electrons. The van der Waals surface area contributed by atoms with Crippen molar-refractivity contribution in [3.63, 3.8) is 0 Å². The molecule has 0 aliphatic heterocycles. The van der Waals surface area contributed by atoms with E-state index < -0.39 is 8.07 Å². The van der Waals surface area contributed by atoms with Crippen LogP contribution >= 0.6 is 0 Å². The quantitative estimate of drug-likeness (QED) is 0.789. The van der Waals surface area contributed by atoms with Gasteiger partial charge in [0.05, 0.1) is 8.07 Å². The van der Waals surface area contributed by atoms with Crippen molar-refractivity contribution in [3.05, 3.63) is 29.8 Å². The van der Waals surface area contributed by atoms with E-state index in [-0.39, 0.29) is 0 Å². The third-order valence-corrected chi connectivity index (χ3v) is 5.60. The van der Waals surface area contributed by atoms with Gasteiger partial charge in [0.1, 0.15) is 0 Å². The summed E-state index contributed by atoms with van der Waals surface area (Å²) in [6.45, 7) is 10.5. The van der Waals surface area contributed by atoms with Crippen LogP contribution in [-0.4, -0.2) is 13.6 Å². The van der Waals surface area contributed by atoms with Gasteiger partial charge < -0.3 is 5.32 Å². The monoisotopic (exact) mass is 233 g/mol. The van der Waals surface area contributed by atoms with Gasteiger partial charge in [0.2, 0.25) is 0 Å². The molecule has 1 fully saturated rings. The minimum absolute atomic E-state index is 0.442. The normalized spacial score (nSPS) is 18.5. The van der Waals surface area contributed by atoms with E-state index >= 15 is 0 Å². The molecular weight excluding hydrogens is 210 g/mol. The van der Waals surface area contributed by atoms with E-state index in [2.05, 4.69) is 56.1 Å². The van der Waals surface area contributed by atoms with E-state index in [1.807, 2.05) is 0 Å². The summed E-state index contributed by atoms with van der Waals surface area (Å²) in [5.41, 5.74) is 1.85. The van der Waals surface area contributed by atoms with Gasteiger partial charge in [0.25, 0.3) is 0 Å². The lowest BCUT2D eigenvalue weighted by atomic mass is 10.2. The Kier molecular flexibility index (Phi) is 2.97. The van der Waals surface area contributed by atoms with Crippen LogP contribution < -0.4 is 10.5 Å². The number of hydrogen-bond acceptors (Lipinski definition) is 1. The molecule has 1 aromatic carbocycles. The van der Waals surface area contributed by atoms with Crippen LogP contribution in [0.2, 0.25) is 19.6 Å². The molecule has 2 rings (SSSR count). The lowest BCUT2D eigenvalue weighted by Crippen LogP contribution is -2.37. The molecule has 0 aromatic heterocycles. The standard InChI is InChI=1S/C14H23NSi/c1-14(9-10-14)15-11-12-5-7-13(8-6-12)16(2,3)4/h5-8,15H,9-11H2,1-4H3. The van der Waals surface area contributed by atoms with Crippen molar-refractivity contribution in [2.24, 2.45) is 0 Å². The molecule has 0 unspecified atom stereocenters. The van der Waals surface area contributed by atoms with Gasteiger partial charge in [-0.15, -0.1) is 0 Å². The minimum Gasteiger partial charge on any atom is -0.307 e. The second-order valence-electron chi connectivity index (χ2n) is 6.36. The zero-order chi connectivity index (χ0) is 11.8. The van der Waals surface area contributed by atoms with E-state index in [1.54, 1.807) is 5.19 Å². The summed E-state index contributed by atoms with van der Waals surface area (Å²) in [6, 6.07) is 9.20. The average molecular weight is 233 g/mol. The summed E-state index contributed by atoms with van der Waals surface area (Å²) < 4.78 is 0. The number of hydrogen-bond donors (Lipinski definition) is 1. The van der Waals surface area contributed by atoms with Crippen molar-refractivity contribution in [2.45, 2.75) is 51.5 Å². The van der Waals surface area contributed by atoms with Crippen LogP contribution in [0.4, 0.5) is 0 Å². The largest absolute Gasteiger partial charge is 0.307 e. The second-order valence-corrected chi connectivity index (χ2v) is 11.4. The lowest BCUT2D eigenvalue weighted by molar-refractivity contribution is 0.538. The van der Waals surface area contributed by atoms with Crippen LogP contribution in [0.25, 0.3) is 0 Å². The van der Waals surface area contributed by atoms with Crippen LogP contribution in [0.5, 0.6) is 0 Å². The van der Waals surface area contributed by atoms with E-state index in [0.29, 0.717) is 5.54 Å². The van der Waals surface area contributed by atoms with Crippen LogP contribution in [-0.2, 0) is 6.54 Å². The maximum absolute atomic E-state index is 3.62. The fourth-order valence-electron chi connectivity index (χ4n) is 1.80. The molecule has 1 nitrogen and oxygen atoms in total. The van der Waals surface area contributed by atoms with Crippen molar-refractivity contribution >= 4 is 13.3 Å². The maximum Gasteiger partial charge on any atom is 0.0775 e. The molecule has 1 saturated carbocycles. The van der Waals surface area contributed by atoms with Gasteiger partial charge in [0.15, 0.2) is 0 Å². The highest BCUT2D eigenvalue weighted by Gasteiger charge is 2.36. The highest BCUT2D eigenvalue weighted by atomic mass is 28.3. The first-order valence-electron chi connectivity index (χ1n) is 6.24. The molecule has 1 aromatic rings. The van der Waals surface area contributed by atoms with Crippen LogP contribution in [0.3, 0.4) is 0 Å². The Morgan fingerprint density at radius 1 is 1.12 bits per heavy atom. The highest BCUT2D eigenvalue weighted by Crippen LogP contribution is 2.34. The predicted molar refractivity (Wildman–Crippen MR) is 73.9 cm³/mol. The van der Waals surface area contributed by atoms with E-state index in [9.17, 15) is 0 Å². The zero-order valence-electron chi connectivity index (χ0n) is 10.9. The van der Waals surface area contributed by atoms with Gasteiger partial charge in [-0.25, -0.2) is 0 Å². The maximum atomic E-state index is 3.62. The molecule has 1 N–H and O–H groups in total. The van der Waals surface area contributed by atoms with Gasteiger partial charge >= 0.3 is 0 Å². The Labute approximate surface area is 100 Å². The molecule has 0 amide bonds. The molecule has 0 spiro atoms. The number of rotatable bonds is 4. The molecule has 1 aliphatic carbocycles. The van der Waals surface area contributed by atoms with Gasteiger partial charge in [0, 0.05) is 12.1 Å². The van der Waals surface area contributed by atoms with Crippen molar-refractivity contribution < 1.29 is 0 Å². The molecule has 1 aliphatic rings. The van der Waals surface area contributed by atoms with Gasteiger partial charge in [-0.2, -0.15) is 0 Å². The van der Waals surface area contributed by atoms with Crippen LogP contribution in [0.15, 0.2) is 24.3 Å². The van der Waals surface area contributed by atoms with Crippen molar-refractivity contribution in [1.29, 1.82) is 0 Å². The first-order chi connectivity index (χ1) is 7.39. The Hall–Kier alpha value is -0.603. The molecule has 0 bridgehead atoms.